The van der Waals surface area contributed by atoms with E-state index in [-0.39, 0.29) is 42.9 Å². The average Bonchev–Trinajstić information content (AvgIpc) is 3.67. The van der Waals surface area contributed by atoms with Gasteiger partial charge in [-0.15, -0.1) is 0 Å². The van der Waals surface area contributed by atoms with Crippen LogP contribution in [0.4, 0.5) is 0 Å². The molecule has 336 valence electrons. The van der Waals surface area contributed by atoms with E-state index in [1.54, 1.807) is 36.6 Å². The minimum Gasteiger partial charge on any atom is -0.491 e. The van der Waals surface area contributed by atoms with E-state index in [2.05, 4.69) is 20.6 Å². The topological polar surface area (TPSA) is 236 Å². The predicted octanol–water partition coefficient (Wildman–Crippen LogP) is 4.33. The van der Waals surface area contributed by atoms with Crippen LogP contribution in [0.1, 0.15) is 55.0 Å². The van der Waals surface area contributed by atoms with Crippen LogP contribution in [0.25, 0.3) is 32.7 Å². The van der Waals surface area contributed by atoms with Gasteiger partial charge in [-0.2, -0.15) is 5.10 Å². The number of nitrogens with zero attached hydrogens (tertiary/aromatic N) is 6. The maximum absolute atomic E-state index is 13.7. The highest BCUT2D eigenvalue weighted by Gasteiger charge is 2.45. The standard InChI is InChI=1S/C44H53N7O12/c1-4-33-34-24-32(9-10-38(34)47-41-35(33)26-51-39(41)25-37-36(42(51)53)27-63-43(54)44(37,55)5-2)62-28-40(52)49-48-29(3)30-7-6-8-31(23-30)61-22-21-60-20-19-59-18-17-58-16-15-57-14-13-56-12-11-46-50-45/h6-10,23-25,55H,4-5,11-22,26-28H2,1-3H3,(H,49,52)/b48-29+/t44-/m0/s1. The lowest BCUT2D eigenvalue weighted by molar-refractivity contribution is -0.172. The smallest absolute Gasteiger partial charge is 0.343 e. The number of pyridine rings is 2. The van der Waals surface area contributed by atoms with Crippen molar-refractivity contribution in [3.8, 4) is 22.9 Å². The summed E-state index contributed by atoms with van der Waals surface area (Å²) in [5.41, 5.74) is 14.1. The quantitative estimate of drug-likeness (QED) is 0.0150. The molecule has 0 aliphatic carbocycles. The molecule has 19 nitrogen and oxygen atoms in total. The van der Waals surface area contributed by atoms with Crippen molar-refractivity contribution in [1.82, 2.24) is 15.0 Å². The molecule has 2 aromatic carbocycles. The molecule has 1 atom stereocenters. The van der Waals surface area contributed by atoms with Crippen molar-refractivity contribution in [3.05, 3.63) is 97.1 Å². The minimum atomic E-state index is -1.90. The molecule has 2 N–H and O–H groups in total. The number of benzene rings is 2. The van der Waals surface area contributed by atoms with Crippen LogP contribution in [0.5, 0.6) is 11.5 Å². The van der Waals surface area contributed by atoms with Crippen LogP contribution in [0.15, 0.2) is 63.5 Å². The molecule has 0 saturated heterocycles. The summed E-state index contributed by atoms with van der Waals surface area (Å²) in [5, 5.41) is 19.7. The molecule has 0 bridgehead atoms. The first-order chi connectivity index (χ1) is 30.7. The number of azide groups is 1. The van der Waals surface area contributed by atoms with Gasteiger partial charge in [-0.3, -0.25) is 9.59 Å². The molecular formula is C44H53N7O12. The molecule has 63 heavy (non-hydrogen) atoms. The zero-order valence-electron chi connectivity index (χ0n) is 35.8. The molecule has 2 aliphatic rings. The fourth-order valence-electron chi connectivity index (χ4n) is 7.19. The van der Waals surface area contributed by atoms with E-state index in [0.29, 0.717) is 120 Å². The monoisotopic (exact) mass is 871 g/mol. The lowest BCUT2D eigenvalue weighted by Crippen LogP contribution is -2.44. The van der Waals surface area contributed by atoms with Gasteiger partial charge in [0.15, 0.2) is 12.2 Å². The number of nitrogens with one attached hydrogen (secondary N) is 1. The van der Waals surface area contributed by atoms with Gasteiger partial charge in [0.25, 0.3) is 11.5 Å². The van der Waals surface area contributed by atoms with Gasteiger partial charge in [0, 0.05) is 33.5 Å². The highest BCUT2D eigenvalue weighted by molar-refractivity contribution is 5.99. The Balaban J connectivity index is 0.907. The summed E-state index contributed by atoms with van der Waals surface area (Å²) in [6.07, 6.45) is 0.699. The summed E-state index contributed by atoms with van der Waals surface area (Å²) in [4.78, 5) is 46.6. The number of hydrogen-bond donors (Lipinski definition) is 2. The number of cyclic esters (lactones) is 1. The normalized spacial score (nSPS) is 15.3. The fourth-order valence-corrected chi connectivity index (χ4v) is 7.19. The molecule has 4 heterocycles. The van der Waals surface area contributed by atoms with Crippen LogP contribution < -0.4 is 20.5 Å². The number of carbonyl (C=O) groups excluding carboxylic acids is 2. The first-order valence-corrected chi connectivity index (χ1v) is 20.9. The van der Waals surface area contributed by atoms with Crippen LogP contribution in [0.3, 0.4) is 0 Å². The largest absolute Gasteiger partial charge is 0.491 e. The maximum Gasteiger partial charge on any atom is 0.343 e. The number of carbonyl (C=O) groups is 2. The molecule has 0 fully saturated rings. The Morgan fingerprint density at radius 2 is 1.56 bits per heavy atom. The number of fused-ring (bicyclic) bond motifs is 5. The van der Waals surface area contributed by atoms with Crippen molar-refractivity contribution < 1.29 is 52.6 Å². The van der Waals surface area contributed by atoms with Crippen molar-refractivity contribution in [3.63, 3.8) is 0 Å². The van der Waals surface area contributed by atoms with E-state index in [0.717, 1.165) is 22.1 Å². The fraction of sp³-hybridized carbons (Fsp3) is 0.477. The zero-order chi connectivity index (χ0) is 44.6. The molecule has 0 saturated carbocycles. The first-order valence-electron chi connectivity index (χ1n) is 20.9. The Bertz CT molecular complexity index is 2380. The number of aliphatic hydroxyl groups is 1. The van der Waals surface area contributed by atoms with Crippen molar-refractivity contribution in [1.29, 1.82) is 0 Å². The second-order valence-electron chi connectivity index (χ2n) is 14.5. The molecule has 0 radical (unpaired) electrons. The highest BCUT2D eigenvalue weighted by Crippen LogP contribution is 2.40. The van der Waals surface area contributed by atoms with E-state index in [4.69, 9.17) is 48.4 Å². The second kappa shape index (κ2) is 23.0. The highest BCUT2D eigenvalue weighted by atomic mass is 16.6. The molecule has 2 aromatic heterocycles. The number of hydrogen-bond acceptors (Lipinski definition) is 15. The van der Waals surface area contributed by atoms with Crippen LogP contribution >= 0.6 is 0 Å². The van der Waals surface area contributed by atoms with Gasteiger partial charge in [-0.1, -0.05) is 31.1 Å². The molecule has 4 aromatic rings. The average molecular weight is 872 g/mol. The SMILES string of the molecule is CCc1c2c(nc3ccc(OCC(=O)N/N=C(\C)c4cccc(OCCOCCOCCOCCOCCOCCN=[N+]=[N-])c4)cc13)-c1cc3c(c(=O)n1C2)COC(=O)[C@]3(O)CC. The Morgan fingerprint density at radius 1 is 0.889 bits per heavy atom. The Hall–Kier alpha value is -5.92. The summed E-state index contributed by atoms with van der Waals surface area (Å²) in [6.45, 7) is 10.1. The second-order valence-corrected chi connectivity index (χ2v) is 14.5. The van der Waals surface area contributed by atoms with Crippen LogP contribution in [-0.4, -0.2) is 118 Å². The third kappa shape index (κ3) is 11.8. The third-order valence-corrected chi connectivity index (χ3v) is 10.5. The van der Waals surface area contributed by atoms with Crippen LogP contribution in [0, 0.1) is 0 Å². The maximum atomic E-state index is 13.7. The van der Waals surface area contributed by atoms with Crippen molar-refractivity contribution >= 4 is 28.5 Å². The van der Waals surface area contributed by atoms with E-state index in [1.807, 2.05) is 37.3 Å². The minimum absolute atomic E-state index is 0.0629. The molecule has 0 spiro atoms. The summed E-state index contributed by atoms with van der Waals surface area (Å²) >= 11 is 0. The lowest BCUT2D eigenvalue weighted by atomic mass is 9.86. The lowest BCUT2D eigenvalue weighted by Gasteiger charge is -2.31. The summed E-state index contributed by atoms with van der Waals surface area (Å²) in [5.74, 6) is -0.121. The van der Waals surface area contributed by atoms with Gasteiger partial charge in [0.2, 0.25) is 0 Å². The number of aryl methyl sites for hydroxylation is 1. The Kier molecular flexibility index (Phi) is 17.0. The number of hydrazone groups is 1. The summed E-state index contributed by atoms with van der Waals surface area (Å²) < 4.78 is 45.7. The van der Waals surface area contributed by atoms with Gasteiger partial charge < -0.3 is 47.6 Å². The molecular weight excluding hydrogens is 819 g/mol. The molecule has 2 aliphatic heterocycles. The molecule has 6 rings (SSSR count). The van der Waals surface area contributed by atoms with Crippen molar-refractivity contribution in [2.45, 2.75) is 52.4 Å². The third-order valence-electron chi connectivity index (χ3n) is 10.5. The van der Waals surface area contributed by atoms with Gasteiger partial charge in [-0.25, -0.2) is 15.2 Å². The number of ether oxygens (including phenoxy) is 8. The van der Waals surface area contributed by atoms with Crippen molar-refractivity contribution in [2.24, 2.45) is 10.2 Å². The Labute approximate surface area is 363 Å². The van der Waals surface area contributed by atoms with Crippen molar-refractivity contribution in [2.75, 3.05) is 85.8 Å². The predicted molar refractivity (Wildman–Crippen MR) is 230 cm³/mol. The van der Waals surface area contributed by atoms with Crippen LogP contribution in [0.2, 0.25) is 0 Å². The zero-order valence-corrected chi connectivity index (χ0v) is 35.8. The van der Waals surface area contributed by atoms with E-state index in [9.17, 15) is 19.5 Å². The summed E-state index contributed by atoms with van der Waals surface area (Å²) in [7, 11) is 0. The number of amides is 1. The number of aromatic nitrogens is 2. The number of rotatable bonds is 26. The van der Waals surface area contributed by atoms with E-state index < -0.39 is 17.5 Å². The van der Waals surface area contributed by atoms with E-state index in [1.165, 1.54) is 0 Å². The number of esters is 1. The first kappa shape index (κ1) is 46.6. The van der Waals surface area contributed by atoms with Gasteiger partial charge >= 0.3 is 5.97 Å². The van der Waals surface area contributed by atoms with Gasteiger partial charge in [-0.05, 0) is 67.3 Å². The summed E-state index contributed by atoms with van der Waals surface area (Å²) in [6, 6.07) is 14.4. The van der Waals surface area contributed by atoms with E-state index >= 15 is 0 Å². The molecule has 0 unspecified atom stereocenters. The van der Waals surface area contributed by atoms with Gasteiger partial charge in [0.05, 0.1) is 101 Å². The molecule has 1 amide bonds. The van der Waals surface area contributed by atoms with Crippen LogP contribution in [-0.2, 0) is 63.2 Å². The van der Waals surface area contributed by atoms with Gasteiger partial charge in [0.1, 0.15) is 24.7 Å². The Morgan fingerprint density at radius 3 is 2.22 bits per heavy atom. The molecule has 19 heteroatoms.